The van der Waals surface area contributed by atoms with Crippen molar-refractivity contribution in [3.8, 4) is 0 Å². The van der Waals surface area contributed by atoms with Crippen LogP contribution in [-0.2, 0) is 11.0 Å². The molecule has 0 saturated heterocycles. The van der Waals surface area contributed by atoms with Crippen molar-refractivity contribution in [2.24, 2.45) is 0 Å². The van der Waals surface area contributed by atoms with Gasteiger partial charge in [-0.2, -0.15) is 0 Å². The van der Waals surface area contributed by atoms with Gasteiger partial charge in [0.1, 0.15) is 10.4 Å². The Balaban J connectivity index is 2.74. The average Bonchev–Trinajstić information content (AvgIpc) is 2.11. The topological polar surface area (TPSA) is 35.0 Å². The normalized spacial score (nSPS) is 12.9. The van der Waals surface area contributed by atoms with Crippen molar-refractivity contribution in [3.63, 3.8) is 0 Å². The Morgan fingerprint density at radius 3 is 2.35 bits per heavy atom. The lowest BCUT2D eigenvalue weighted by Crippen LogP contribution is -2.40. The molecule has 0 saturated carbocycles. The molecule has 0 bridgehead atoms. The van der Waals surface area contributed by atoms with Crippen molar-refractivity contribution >= 4 is 24.2 Å². The van der Waals surface area contributed by atoms with Gasteiger partial charge in [-0.05, 0) is 47.1 Å². The zero-order chi connectivity index (χ0) is 13.3. The molecule has 0 aliphatic carbocycles. The molecule has 96 valence electrons. The standard InChI is InChI=1S/C12H21BrN2OSi/c1-9-14-10(7-11(13)15-9)8-16-17(5,6)12(2,3)4/h7H,8H2,1-6H3. The molecule has 0 unspecified atom stereocenters. The van der Waals surface area contributed by atoms with Gasteiger partial charge in [0, 0.05) is 0 Å². The third-order valence-electron chi connectivity index (χ3n) is 3.25. The highest BCUT2D eigenvalue weighted by molar-refractivity contribution is 9.10. The van der Waals surface area contributed by atoms with Gasteiger partial charge in [0.25, 0.3) is 0 Å². The molecule has 0 aliphatic rings. The first-order valence-electron chi connectivity index (χ1n) is 5.76. The minimum absolute atomic E-state index is 0.228. The van der Waals surface area contributed by atoms with Gasteiger partial charge in [0.2, 0.25) is 0 Å². The van der Waals surface area contributed by atoms with Crippen LogP contribution < -0.4 is 0 Å². The highest BCUT2D eigenvalue weighted by Crippen LogP contribution is 2.36. The first-order chi connectivity index (χ1) is 7.62. The lowest BCUT2D eigenvalue weighted by Gasteiger charge is -2.36. The van der Waals surface area contributed by atoms with Crippen molar-refractivity contribution in [2.75, 3.05) is 0 Å². The maximum Gasteiger partial charge on any atom is 0.192 e. The molecule has 0 aromatic carbocycles. The summed E-state index contributed by atoms with van der Waals surface area (Å²) >= 11 is 3.38. The van der Waals surface area contributed by atoms with Gasteiger partial charge in [-0.25, -0.2) is 9.97 Å². The Morgan fingerprint density at radius 2 is 1.88 bits per heavy atom. The molecule has 5 heteroatoms. The molecule has 1 rings (SSSR count). The van der Waals surface area contributed by atoms with E-state index in [1.165, 1.54) is 0 Å². The van der Waals surface area contributed by atoms with Gasteiger partial charge < -0.3 is 4.43 Å². The Labute approximate surface area is 113 Å². The minimum Gasteiger partial charge on any atom is -0.411 e. The second-order valence-corrected chi connectivity index (χ2v) is 11.4. The monoisotopic (exact) mass is 316 g/mol. The van der Waals surface area contributed by atoms with Crippen molar-refractivity contribution in [3.05, 3.63) is 22.2 Å². The van der Waals surface area contributed by atoms with Crippen LogP contribution in [0.4, 0.5) is 0 Å². The number of halogens is 1. The van der Waals surface area contributed by atoms with E-state index in [4.69, 9.17) is 4.43 Å². The molecule has 0 spiro atoms. The molecule has 1 aromatic rings. The van der Waals surface area contributed by atoms with E-state index in [1.54, 1.807) is 0 Å². The van der Waals surface area contributed by atoms with Crippen molar-refractivity contribution in [1.29, 1.82) is 0 Å². The van der Waals surface area contributed by atoms with Crippen molar-refractivity contribution in [2.45, 2.75) is 52.4 Å². The second-order valence-electron chi connectivity index (χ2n) is 5.78. The zero-order valence-corrected chi connectivity index (χ0v) is 14.1. The quantitative estimate of drug-likeness (QED) is 0.623. The van der Waals surface area contributed by atoms with Crippen LogP contribution in [-0.4, -0.2) is 18.3 Å². The molecule has 1 heterocycles. The SMILES string of the molecule is Cc1nc(Br)cc(CO[Si](C)(C)C(C)(C)C)n1. The Bertz CT molecular complexity index is 382. The molecule has 17 heavy (non-hydrogen) atoms. The fourth-order valence-electron chi connectivity index (χ4n) is 1.13. The minimum atomic E-state index is -1.70. The molecular formula is C12H21BrN2OSi. The maximum absolute atomic E-state index is 6.12. The van der Waals surface area contributed by atoms with Crippen LogP contribution in [0.15, 0.2) is 10.7 Å². The van der Waals surface area contributed by atoms with Crippen LogP contribution in [0.2, 0.25) is 18.1 Å². The molecule has 0 aliphatic heterocycles. The van der Waals surface area contributed by atoms with E-state index in [0.29, 0.717) is 6.61 Å². The molecule has 0 atom stereocenters. The van der Waals surface area contributed by atoms with E-state index < -0.39 is 8.32 Å². The van der Waals surface area contributed by atoms with Crippen LogP contribution in [0.3, 0.4) is 0 Å². The van der Waals surface area contributed by atoms with Crippen LogP contribution >= 0.6 is 15.9 Å². The van der Waals surface area contributed by atoms with Gasteiger partial charge in [-0.15, -0.1) is 0 Å². The summed E-state index contributed by atoms with van der Waals surface area (Å²) in [5.74, 6) is 0.771. The molecule has 0 fully saturated rings. The van der Waals surface area contributed by atoms with Gasteiger partial charge in [-0.1, -0.05) is 20.8 Å². The van der Waals surface area contributed by atoms with Crippen LogP contribution in [0.25, 0.3) is 0 Å². The predicted octanol–water partition coefficient (Wildman–Crippen LogP) is 4.07. The Kier molecular flexibility index (Phi) is 4.49. The average molecular weight is 317 g/mol. The molecule has 0 radical (unpaired) electrons. The maximum atomic E-state index is 6.12. The number of hydrogen-bond acceptors (Lipinski definition) is 3. The van der Waals surface area contributed by atoms with Gasteiger partial charge in [-0.3, -0.25) is 0 Å². The summed E-state index contributed by atoms with van der Waals surface area (Å²) in [6.07, 6.45) is 0. The molecule has 3 nitrogen and oxygen atoms in total. The molecule has 1 aromatic heterocycles. The fourth-order valence-corrected chi connectivity index (χ4v) is 2.60. The highest BCUT2D eigenvalue weighted by atomic mass is 79.9. The van der Waals surface area contributed by atoms with E-state index in [0.717, 1.165) is 16.1 Å². The summed E-state index contributed by atoms with van der Waals surface area (Å²) < 4.78 is 6.94. The lowest BCUT2D eigenvalue weighted by atomic mass is 10.2. The molecule has 0 amide bonds. The third kappa shape index (κ3) is 4.15. The first kappa shape index (κ1) is 14.8. The van der Waals surface area contributed by atoms with Gasteiger partial charge in [0.15, 0.2) is 8.32 Å². The smallest absolute Gasteiger partial charge is 0.192 e. The predicted molar refractivity (Wildman–Crippen MR) is 76.5 cm³/mol. The van der Waals surface area contributed by atoms with Crippen LogP contribution in [0.5, 0.6) is 0 Å². The van der Waals surface area contributed by atoms with Crippen LogP contribution in [0.1, 0.15) is 32.3 Å². The third-order valence-corrected chi connectivity index (χ3v) is 8.13. The molecule has 0 N–H and O–H groups in total. The summed E-state index contributed by atoms with van der Waals surface area (Å²) in [7, 11) is -1.70. The number of hydrogen-bond donors (Lipinski definition) is 0. The van der Waals surface area contributed by atoms with Gasteiger partial charge in [0.05, 0.1) is 12.3 Å². The summed E-state index contributed by atoms with van der Waals surface area (Å²) in [5.41, 5.74) is 0.939. The van der Waals surface area contributed by atoms with E-state index >= 15 is 0 Å². The number of aryl methyl sites for hydroxylation is 1. The fraction of sp³-hybridized carbons (Fsp3) is 0.667. The molecular weight excluding hydrogens is 296 g/mol. The number of rotatable bonds is 3. The van der Waals surface area contributed by atoms with E-state index in [9.17, 15) is 0 Å². The van der Waals surface area contributed by atoms with Crippen LogP contribution in [0, 0.1) is 6.92 Å². The Hall–Kier alpha value is -0.263. The summed E-state index contributed by atoms with van der Waals surface area (Å²) in [6.45, 7) is 13.7. The van der Waals surface area contributed by atoms with Crippen molar-refractivity contribution in [1.82, 2.24) is 9.97 Å². The summed E-state index contributed by atoms with van der Waals surface area (Å²) in [5, 5.41) is 0.228. The first-order valence-corrected chi connectivity index (χ1v) is 9.46. The van der Waals surface area contributed by atoms with Gasteiger partial charge >= 0.3 is 0 Å². The largest absolute Gasteiger partial charge is 0.411 e. The van der Waals surface area contributed by atoms with E-state index in [1.807, 2.05) is 13.0 Å². The highest BCUT2D eigenvalue weighted by Gasteiger charge is 2.37. The van der Waals surface area contributed by atoms with E-state index in [-0.39, 0.29) is 5.04 Å². The van der Waals surface area contributed by atoms with E-state index in [2.05, 4.69) is 59.8 Å². The lowest BCUT2D eigenvalue weighted by molar-refractivity contribution is 0.271. The summed E-state index contributed by atoms with van der Waals surface area (Å²) in [6, 6.07) is 1.92. The number of aromatic nitrogens is 2. The number of nitrogens with zero attached hydrogens (tertiary/aromatic N) is 2. The second kappa shape index (κ2) is 5.16. The van der Waals surface area contributed by atoms with Crippen molar-refractivity contribution < 1.29 is 4.43 Å². The Morgan fingerprint density at radius 1 is 1.29 bits per heavy atom. The zero-order valence-electron chi connectivity index (χ0n) is 11.5. The summed E-state index contributed by atoms with van der Waals surface area (Å²) in [4.78, 5) is 8.56.